The van der Waals surface area contributed by atoms with Crippen LogP contribution < -0.4 is 5.43 Å². The maximum Gasteiger partial charge on any atom is 0.271 e. The summed E-state index contributed by atoms with van der Waals surface area (Å²) in [4.78, 5) is 16.1. The maximum atomic E-state index is 12.1. The molecule has 0 atom stereocenters. The van der Waals surface area contributed by atoms with Gasteiger partial charge in [-0.15, -0.1) is 0 Å². The van der Waals surface area contributed by atoms with E-state index in [1.54, 1.807) is 12.4 Å². The SMILES string of the molecule is CC(=NNC(=O)c1ccc(C(C)(C)C)cc1)c1ccncc1. The lowest BCUT2D eigenvalue weighted by atomic mass is 9.87. The van der Waals surface area contributed by atoms with E-state index in [4.69, 9.17) is 0 Å². The first-order valence-electron chi connectivity index (χ1n) is 7.23. The molecule has 2 aromatic rings. The number of aromatic nitrogens is 1. The second kappa shape index (κ2) is 6.52. The van der Waals surface area contributed by atoms with E-state index in [1.165, 1.54) is 5.56 Å². The Kier molecular flexibility index (Phi) is 4.71. The van der Waals surface area contributed by atoms with Crippen molar-refractivity contribution in [3.63, 3.8) is 0 Å². The molecule has 2 rings (SSSR count). The summed E-state index contributed by atoms with van der Waals surface area (Å²) in [6.07, 6.45) is 3.39. The molecular weight excluding hydrogens is 274 g/mol. The van der Waals surface area contributed by atoms with Crippen LogP contribution >= 0.6 is 0 Å². The molecule has 0 radical (unpaired) electrons. The normalized spacial score (nSPS) is 12.1. The van der Waals surface area contributed by atoms with Gasteiger partial charge in [0.05, 0.1) is 5.71 Å². The van der Waals surface area contributed by atoms with Gasteiger partial charge in [-0.2, -0.15) is 5.10 Å². The van der Waals surface area contributed by atoms with Crippen LogP contribution in [0.5, 0.6) is 0 Å². The Balaban J connectivity index is 2.07. The van der Waals surface area contributed by atoms with Gasteiger partial charge in [-0.25, -0.2) is 5.43 Å². The summed E-state index contributed by atoms with van der Waals surface area (Å²) in [6, 6.07) is 11.3. The van der Waals surface area contributed by atoms with Gasteiger partial charge in [0.15, 0.2) is 0 Å². The van der Waals surface area contributed by atoms with E-state index in [-0.39, 0.29) is 11.3 Å². The molecule has 1 heterocycles. The Bertz CT molecular complexity index is 668. The number of hydrogen-bond acceptors (Lipinski definition) is 3. The molecule has 1 aromatic heterocycles. The minimum atomic E-state index is -0.214. The van der Waals surface area contributed by atoms with E-state index in [1.807, 2.05) is 43.3 Å². The molecule has 4 heteroatoms. The fourth-order valence-corrected chi connectivity index (χ4v) is 1.98. The van der Waals surface area contributed by atoms with Crippen molar-refractivity contribution >= 4 is 11.6 Å². The van der Waals surface area contributed by atoms with E-state index in [2.05, 4.69) is 36.3 Å². The van der Waals surface area contributed by atoms with Crippen LogP contribution in [0, 0.1) is 0 Å². The van der Waals surface area contributed by atoms with Crippen molar-refractivity contribution in [2.24, 2.45) is 5.10 Å². The summed E-state index contributed by atoms with van der Waals surface area (Å²) in [5.41, 5.74) is 6.12. The summed E-state index contributed by atoms with van der Waals surface area (Å²) in [5.74, 6) is -0.214. The molecule has 0 fully saturated rings. The standard InChI is InChI=1S/C18H21N3O/c1-13(14-9-11-19-12-10-14)20-21-17(22)15-5-7-16(8-6-15)18(2,3)4/h5-12H,1-4H3,(H,21,22). The monoisotopic (exact) mass is 295 g/mol. The lowest BCUT2D eigenvalue weighted by Crippen LogP contribution is -2.20. The Morgan fingerprint density at radius 3 is 2.14 bits per heavy atom. The summed E-state index contributed by atoms with van der Waals surface area (Å²) >= 11 is 0. The van der Waals surface area contributed by atoms with Crippen LogP contribution in [0.15, 0.2) is 53.9 Å². The number of carbonyl (C=O) groups excluding carboxylic acids is 1. The molecule has 22 heavy (non-hydrogen) atoms. The minimum absolute atomic E-state index is 0.0745. The molecule has 114 valence electrons. The number of nitrogens with zero attached hydrogens (tertiary/aromatic N) is 2. The Labute approximate surface area is 131 Å². The van der Waals surface area contributed by atoms with Crippen molar-refractivity contribution in [2.45, 2.75) is 33.1 Å². The number of rotatable bonds is 3. The lowest BCUT2D eigenvalue weighted by molar-refractivity contribution is 0.0955. The number of benzene rings is 1. The topological polar surface area (TPSA) is 54.4 Å². The van der Waals surface area contributed by atoms with E-state index in [9.17, 15) is 4.79 Å². The predicted molar refractivity (Wildman–Crippen MR) is 89.1 cm³/mol. The lowest BCUT2D eigenvalue weighted by Gasteiger charge is -2.18. The van der Waals surface area contributed by atoms with E-state index >= 15 is 0 Å². The first-order chi connectivity index (χ1) is 10.4. The number of amides is 1. The van der Waals surface area contributed by atoms with Crippen LogP contribution in [-0.4, -0.2) is 16.6 Å². The van der Waals surface area contributed by atoms with Crippen LogP contribution in [0.2, 0.25) is 0 Å². The third-order valence-corrected chi connectivity index (χ3v) is 3.44. The highest BCUT2D eigenvalue weighted by atomic mass is 16.2. The van der Waals surface area contributed by atoms with Crippen LogP contribution in [-0.2, 0) is 5.41 Å². The fourth-order valence-electron chi connectivity index (χ4n) is 1.98. The predicted octanol–water partition coefficient (Wildman–Crippen LogP) is 3.53. The van der Waals surface area contributed by atoms with Gasteiger partial charge in [0.1, 0.15) is 0 Å². The van der Waals surface area contributed by atoms with Gasteiger partial charge < -0.3 is 0 Å². The number of nitrogens with one attached hydrogen (secondary N) is 1. The molecule has 0 unspecified atom stereocenters. The molecular formula is C18H21N3O. The van der Waals surface area contributed by atoms with Crippen molar-refractivity contribution in [2.75, 3.05) is 0 Å². The van der Waals surface area contributed by atoms with Crippen molar-refractivity contribution in [3.8, 4) is 0 Å². The van der Waals surface area contributed by atoms with Crippen molar-refractivity contribution in [1.82, 2.24) is 10.4 Å². The minimum Gasteiger partial charge on any atom is -0.267 e. The Morgan fingerprint density at radius 1 is 1.00 bits per heavy atom. The van der Waals surface area contributed by atoms with Crippen molar-refractivity contribution < 1.29 is 4.79 Å². The average Bonchev–Trinajstić information content (AvgIpc) is 2.52. The molecule has 0 aliphatic rings. The molecule has 0 spiro atoms. The quantitative estimate of drug-likeness (QED) is 0.695. The zero-order valence-electron chi connectivity index (χ0n) is 13.4. The van der Waals surface area contributed by atoms with Gasteiger partial charge >= 0.3 is 0 Å². The van der Waals surface area contributed by atoms with E-state index < -0.39 is 0 Å². The summed E-state index contributed by atoms with van der Waals surface area (Å²) < 4.78 is 0. The van der Waals surface area contributed by atoms with E-state index in [0.29, 0.717) is 5.56 Å². The van der Waals surface area contributed by atoms with Crippen molar-refractivity contribution in [3.05, 3.63) is 65.5 Å². The number of hydrogen-bond donors (Lipinski definition) is 1. The molecule has 1 aromatic carbocycles. The highest BCUT2D eigenvalue weighted by Gasteiger charge is 2.14. The van der Waals surface area contributed by atoms with Gasteiger partial charge in [-0.3, -0.25) is 9.78 Å². The molecule has 0 aliphatic heterocycles. The highest BCUT2D eigenvalue weighted by molar-refractivity contribution is 6.00. The molecule has 1 amide bonds. The second-order valence-corrected chi connectivity index (χ2v) is 6.20. The third-order valence-electron chi connectivity index (χ3n) is 3.44. The second-order valence-electron chi connectivity index (χ2n) is 6.20. The molecule has 4 nitrogen and oxygen atoms in total. The largest absolute Gasteiger partial charge is 0.271 e. The molecule has 0 bridgehead atoms. The van der Waals surface area contributed by atoms with Gasteiger partial charge in [-0.05, 0) is 42.2 Å². The first kappa shape index (κ1) is 15.9. The van der Waals surface area contributed by atoms with E-state index in [0.717, 1.165) is 11.3 Å². The fraction of sp³-hybridized carbons (Fsp3) is 0.278. The summed E-state index contributed by atoms with van der Waals surface area (Å²) in [6.45, 7) is 8.28. The Morgan fingerprint density at radius 2 is 1.59 bits per heavy atom. The highest BCUT2D eigenvalue weighted by Crippen LogP contribution is 2.22. The molecule has 0 aliphatic carbocycles. The Hall–Kier alpha value is -2.49. The number of carbonyl (C=O) groups is 1. The number of pyridine rings is 1. The average molecular weight is 295 g/mol. The number of hydrazone groups is 1. The smallest absolute Gasteiger partial charge is 0.267 e. The van der Waals surface area contributed by atoms with Gasteiger partial charge in [0.2, 0.25) is 0 Å². The van der Waals surface area contributed by atoms with Crippen LogP contribution in [0.25, 0.3) is 0 Å². The summed E-state index contributed by atoms with van der Waals surface area (Å²) in [5, 5.41) is 4.13. The van der Waals surface area contributed by atoms with Gasteiger partial charge in [0.25, 0.3) is 5.91 Å². The molecule has 0 saturated carbocycles. The van der Waals surface area contributed by atoms with Crippen molar-refractivity contribution in [1.29, 1.82) is 0 Å². The van der Waals surface area contributed by atoms with Crippen LogP contribution in [0.4, 0.5) is 0 Å². The van der Waals surface area contributed by atoms with Crippen LogP contribution in [0.3, 0.4) is 0 Å². The third kappa shape index (κ3) is 4.01. The summed E-state index contributed by atoms with van der Waals surface area (Å²) in [7, 11) is 0. The van der Waals surface area contributed by atoms with Gasteiger partial charge in [-0.1, -0.05) is 32.9 Å². The zero-order chi connectivity index (χ0) is 16.2. The first-order valence-corrected chi connectivity index (χ1v) is 7.23. The van der Waals surface area contributed by atoms with Crippen LogP contribution in [0.1, 0.15) is 49.2 Å². The van der Waals surface area contributed by atoms with Gasteiger partial charge in [0, 0.05) is 23.5 Å². The molecule has 1 N–H and O–H groups in total. The maximum absolute atomic E-state index is 12.1. The zero-order valence-corrected chi connectivity index (χ0v) is 13.4. The molecule has 0 saturated heterocycles.